The maximum Gasteiger partial charge on any atom is 0.240 e. The number of halogens is 1. The molecule has 1 unspecified atom stereocenters. The number of sulfone groups is 1. The summed E-state index contributed by atoms with van der Waals surface area (Å²) in [6.07, 6.45) is 0. The molecule has 0 aliphatic rings. The molecule has 3 aromatic rings. The van der Waals surface area contributed by atoms with Gasteiger partial charge in [-0.1, -0.05) is 36.4 Å². The van der Waals surface area contributed by atoms with E-state index < -0.39 is 30.9 Å². The van der Waals surface area contributed by atoms with Crippen LogP contribution in [0.15, 0.2) is 75.1 Å². The van der Waals surface area contributed by atoms with Crippen LogP contribution < -0.4 is 4.72 Å². The van der Waals surface area contributed by atoms with Gasteiger partial charge in [-0.2, -0.15) is 0 Å². The topological polar surface area (TPSA) is 80.3 Å². The molecule has 0 saturated carbocycles. The zero-order chi connectivity index (χ0) is 20.4. The SMILES string of the molecule is Cc1cc(F)ccc1S(=O)(=O)NCC(c1ccccc1)S(=O)(=O)c1cccs1. The highest BCUT2D eigenvalue weighted by molar-refractivity contribution is 7.93. The summed E-state index contributed by atoms with van der Waals surface area (Å²) in [5.41, 5.74) is 0.722. The van der Waals surface area contributed by atoms with E-state index in [1.807, 2.05) is 0 Å². The molecule has 0 spiro atoms. The molecule has 1 aromatic heterocycles. The maximum absolute atomic E-state index is 13.3. The number of hydrogen-bond acceptors (Lipinski definition) is 5. The van der Waals surface area contributed by atoms with Gasteiger partial charge in [0.1, 0.15) is 15.3 Å². The Morgan fingerprint density at radius 1 is 1.00 bits per heavy atom. The third-order valence-electron chi connectivity index (χ3n) is 4.21. The van der Waals surface area contributed by atoms with E-state index >= 15 is 0 Å². The third-order valence-corrected chi connectivity index (χ3v) is 9.32. The highest BCUT2D eigenvalue weighted by Crippen LogP contribution is 2.31. The number of hydrogen-bond donors (Lipinski definition) is 1. The first-order valence-corrected chi connectivity index (χ1v) is 12.2. The highest BCUT2D eigenvalue weighted by atomic mass is 32.2. The van der Waals surface area contributed by atoms with Gasteiger partial charge in [-0.25, -0.2) is 25.9 Å². The van der Waals surface area contributed by atoms with Gasteiger partial charge in [0, 0.05) is 6.54 Å². The molecule has 28 heavy (non-hydrogen) atoms. The van der Waals surface area contributed by atoms with Crippen LogP contribution in [0.1, 0.15) is 16.4 Å². The van der Waals surface area contributed by atoms with Crippen molar-refractivity contribution in [3.63, 3.8) is 0 Å². The Labute approximate surface area is 167 Å². The van der Waals surface area contributed by atoms with Gasteiger partial charge in [0.15, 0.2) is 9.84 Å². The Hall–Kier alpha value is -2.07. The zero-order valence-electron chi connectivity index (χ0n) is 14.9. The average Bonchev–Trinajstić information content (AvgIpc) is 3.17. The predicted octanol–water partition coefficient (Wildman–Crippen LogP) is 3.69. The number of sulfonamides is 1. The number of rotatable bonds is 7. The lowest BCUT2D eigenvalue weighted by atomic mass is 10.1. The van der Waals surface area contributed by atoms with Gasteiger partial charge >= 0.3 is 0 Å². The first-order valence-electron chi connectivity index (χ1n) is 8.30. The summed E-state index contributed by atoms with van der Waals surface area (Å²) in [5.74, 6) is -0.543. The van der Waals surface area contributed by atoms with E-state index in [2.05, 4.69) is 4.72 Å². The van der Waals surface area contributed by atoms with E-state index in [1.54, 1.807) is 41.8 Å². The molecule has 9 heteroatoms. The van der Waals surface area contributed by atoms with E-state index in [0.717, 1.165) is 29.5 Å². The normalized spacial score (nSPS) is 13.4. The fourth-order valence-corrected chi connectivity index (χ4v) is 7.06. The van der Waals surface area contributed by atoms with E-state index in [1.165, 1.54) is 13.0 Å². The lowest BCUT2D eigenvalue weighted by Gasteiger charge is -2.18. The maximum atomic E-state index is 13.3. The summed E-state index contributed by atoms with van der Waals surface area (Å²) in [6, 6.07) is 14.9. The number of nitrogens with one attached hydrogen (secondary N) is 1. The Bertz CT molecular complexity index is 1160. The van der Waals surface area contributed by atoms with Crippen molar-refractivity contribution in [2.75, 3.05) is 6.54 Å². The predicted molar refractivity (Wildman–Crippen MR) is 107 cm³/mol. The second-order valence-electron chi connectivity index (χ2n) is 6.14. The summed E-state index contributed by atoms with van der Waals surface area (Å²) >= 11 is 1.08. The van der Waals surface area contributed by atoms with Crippen LogP contribution in [0.4, 0.5) is 4.39 Å². The Morgan fingerprint density at radius 2 is 1.71 bits per heavy atom. The van der Waals surface area contributed by atoms with Crippen LogP contribution in [-0.2, 0) is 19.9 Å². The molecular formula is C19H18FNO4S3. The molecule has 148 valence electrons. The van der Waals surface area contributed by atoms with Crippen LogP contribution >= 0.6 is 11.3 Å². The Morgan fingerprint density at radius 3 is 2.32 bits per heavy atom. The second kappa shape index (κ2) is 8.12. The van der Waals surface area contributed by atoms with Crippen molar-refractivity contribution < 1.29 is 21.2 Å². The van der Waals surface area contributed by atoms with E-state index in [0.29, 0.717) is 5.56 Å². The largest absolute Gasteiger partial charge is 0.240 e. The molecule has 0 fully saturated rings. The molecule has 0 saturated heterocycles. The second-order valence-corrected chi connectivity index (χ2v) is 11.2. The van der Waals surface area contributed by atoms with Crippen LogP contribution in [0.25, 0.3) is 0 Å². The monoisotopic (exact) mass is 439 g/mol. The van der Waals surface area contributed by atoms with E-state index in [-0.39, 0.29) is 21.2 Å². The summed E-state index contributed by atoms with van der Waals surface area (Å²) in [6.45, 7) is 1.14. The summed E-state index contributed by atoms with van der Waals surface area (Å²) in [7, 11) is -7.82. The fourth-order valence-electron chi connectivity index (χ4n) is 2.82. The van der Waals surface area contributed by atoms with Crippen molar-refractivity contribution >= 4 is 31.2 Å². The minimum atomic E-state index is -4.02. The molecule has 3 rings (SSSR count). The van der Waals surface area contributed by atoms with Crippen LogP contribution in [0, 0.1) is 12.7 Å². The Balaban J connectivity index is 1.95. The van der Waals surface area contributed by atoms with Crippen LogP contribution in [0.3, 0.4) is 0 Å². The number of benzene rings is 2. The molecule has 1 heterocycles. The standard InChI is InChI=1S/C19H18FNO4S3/c1-14-12-16(20)9-10-17(14)28(24,25)21-13-18(15-6-3-2-4-7-15)27(22,23)19-8-5-11-26-19/h2-12,18,21H,13H2,1H3. The molecule has 2 aromatic carbocycles. The highest BCUT2D eigenvalue weighted by Gasteiger charge is 2.31. The van der Waals surface area contributed by atoms with E-state index in [9.17, 15) is 21.2 Å². The van der Waals surface area contributed by atoms with Gasteiger partial charge in [-0.3, -0.25) is 0 Å². The van der Waals surface area contributed by atoms with Gasteiger partial charge in [0.05, 0.1) is 4.90 Å². The van der Waals surface area contributed by atoms with Gasteiger partial charge in [0.25, 0.3) is 0 Å². The summed E-state index contributed by atoms with van der Waals surface area (Å²) in [4.78, 5) is -0.0887. The number of aryl methyl sites for hydroxylation is 1. The van der Waals surface area contributed by atoms with Crippen molar-refractivity contribution in [1.82, 2.24) is 4.72 Å². The molecule has 1 N–H and O–H groups in total. The van der Waals surface area contributed by atoms with Crippen molar-refractivity contribution in [3.05, 3.63) is 83.0 Å². The lowest BCUT2D eigenvalue weighted by Crippen LogP contribution is -2.32. The fraction of sp³-hybridized carbons (Fsp3) is 0.158. The van der Waals surface area contributed by atoms with Crippen LogP contribution in [-0.4, -0.2) is 23.4 Å². The van der Waals surface area contributed by atoms with Gasteiger partial charge in [-0.15, -0.1) is 11.3 Å². The van der Waals surface area contributed by atoms with Crippen molar-refractivity contribution in [2.45, 2.75) is 21.3 Å². The van der Waals surface area contributed by atoms with E-state index in [4.69, 9.17) is 0 Å². The lowest BCUT2D eigenvalue weighted by molar-refractivity contribution is 0.569. The first kappa shape index (κ1) is 20.7. The smallest absolute Gasteiger partial charge is 0.222 e. The van der Waals surface area contributed by atoms with Gasteiger partial charge in [0.2, 0.25) is 10.0 Å². The molecule has 0 aliphatic heterocycles. The zero-order valence-corrected chi connectivity index (χ0v) is 17.3. The molecule has 0 radical (unpaired) electrons. The molecule has 0 bridgehead atoms. The van der Waals surface area contributed by atoms with Crippen LogP contribution in [0.5, 0.6) is 0 Å². The van der Waals surface area contributed by atoms with Gasteiger partial charge < -0.3 is 0 Å². The molecule has 5 nitrogen and oxygen atoms in total. The number of thiophene rings is 1. The minimum Gasteiger partial charge on any atom is -0.222 e. The van der Waals surface area contributed by atoms with Crippen molar-refractivity contribution in [2.24, 2.45) is 0 Å². The molecule has 0 aliphatic carbocycles. The van der Waals surface area contributed by atoms with Crippen LogP contribution in [0.2, 0.25) is 0 Å². The molecule has 0 amide bonds. The first-order chi connectivity index (χ1) is 13.2. The molecular weight excluding hydrogens is 421 g/mol. The molecule has 1 atom stereocenters. The van der Waals surface area contributed by atoms with Gasteiger partial charge in [-0.05, 0) is 47.7 Å². The summed E-state index contributed by atoms with van der Waals surface area (Å²) in [5, 5.41) is 0.559. The van der Waals surface area contributed by atoms with Crippen molar-refractivity contribution in [3.8, 4) is 0 Å². The van der Waals surface area contributed by atoms with Crippen molar-refractivity contribution in [1.29, 1.82) is 0 Å². The summed E-state index contributed by atoms with van der Waals surface area (Å²) < 4.78 is 67.4. The average molecular weight is 440 g/mol. The Kier molecular flexibility index (Phi) is 5.99. The quantitative estimate of drug-likeness (QED) is 0.609. The minimum absolute atomic E-state index is 0.0887. The third kappa shape index (κ3) is 4.33.